The fraction of sp³-hybridized carbons (Fsp3) is 0.667. The monoisotopic (exact) mass is 260 g/mol. The summed E-state index contributed by atoms with van der Waals surface area (Å²) in [6.07, 6.45) is 9.46. The van der Waals surface area contributed by atoms with Crippen LogP contribution in [0.5, 0.6) is 0 Å². The lowest BCUT2D eigenvalue weighted by Crippen LogP contribution is -2.44. The lowest BCUT2D eigenvalue weighted by molar-refractivity contribution is 0.0227. The van der Waals surface area contributed by atoms with Gasteiger partial charge in [-0.15, -0.1) is 0 Å². The Bertz CT molecular complexity index is 419. The molecule has 3 aliphatic rings. The number of halogens is 1. The maximum Gasteiger partial charge on any atom is 0.123 e. The van der Waals surface area contributed by atoms with Crippen LogP contribution in [0, 0.1) is 17.2 Å². The van der Waals surface area contributed by atoms with Crippen LogP contribution >= 0.6 is 0 Å². The Kier molecular flexibility index (Phi) is 3.19. The van der Waals surface area contributed by atoms with Crippen molar-refractivity contribution in [2.75, 3.05) is 0 Å². The van der Waals surface area contributed by atoms with Crippen molar-refractivity contribution in [2.45, 2.75) is 64.2 Å². The van der Waals surface area contributed by atoms with Crippen molar-refractivity contribution in [3.8, 4) is 0 Å². The highest BCUT2D eigenvalue weighted by molar-refractivity contribution is 5.28. The van der Waals surface area contributed by atoms with Crippen molar-refractivity contribution in [1.29, 1.82) is 0 Å². The van der Waals surface area contributed by atoms with Gasteiger partial charge in [-0.2, -0.15) is 0 Å². The molecule has 0 nitrogen and oxygen atoms in total. The summed E-state index contributed by atoms with van der Waals surface area (Å²) in [7, 11) is 0. The summed E-state index contributed by atoms with van der Waals surface area (Å²) in [6.45, 7) is 4.70. The Morgan fingerprint density at radius 1 is 0.947 bits per heavy atom. The predicted octanol–water partition coefficient (Wildman–Crippen LogP) is 5.46. The fourth-order valence-corrected chi connectivity index (χ4v) is 4.67. The molecule has 0 amide bonds. The summed E-state index contributed by atoms with van der Waals surface area (Å²) in [5, 5.41) is 0. The minimum absolute atomic E-state index is 0.110. The molecular formula is C18H25F. The first-order valence-corrected chi connectivity index (χ1v) is 7.80. The van der Waals surface area contributed by atoms with E-state index in [2.05, 4.69) is 13.8 Å². The van der Waals surface area contributed by atoms with Crippen LogP contribution in [0.3, 0.4) is 0 Å². The molecule has 0 N–H and O–H groups in total. The Morgan fingerprint density at radius 2 is 1.47 bits per heavy atom. The van der Waals surface area contributed by atoms with E-state index in [0.717, 1.165) is 5.92 Å². The molecule has 1 heteroatoms. The fourth-order valence-electron chi connectivity index (χ4n) is 4.67. The predicted molar refractivity (Wildman–Crippen MR) is 77.7 cm³/mol. The van der Waals surface area contributed by atoms with Gasteiger partial charge in [0.05, 0.1) is 0 Å². The molecule has 3 saturated carbocycles. The molecule has 0 spiro atoms. The van der Waals surface area contributed by atoms with Gasteiger partial charge in [0.25, 0.3) is 0 Å². The van der Waals surface area contributed by atoms with Crippen molar-refractivity contribution in [1.82, 2.24) is 0 Å². The standard InChI is InChI=1S/C18H25F/c1-14(2)13-17-7-10-18(11-8-17,12-9-17)15-3-5-16(19)6-4-15/h3-6,14H,7-13H2,1-2H3. The van der Waals surface area contributed by atoms with Crippen molar-refractivity contribution >= 4 is 0 Å². The van der Waals surface area contributed by atoms with E-state index in [1.165, 1.54) is 50.5 Å². The first-order valence-electron chi connectivity index (χ1n) is 7.80. The van der Waals surface area contributed by atoms with Gasteiger partial charge < -0.3 is 0 Å². The summed E-state index contributed by atoms with van der Waals surface area (Å²) in [6, 6.07) is 7.32. The van der Waals surface area contributed by atoms with Crippen LogP contribution in [-0.4, -0.2) is 0 Å². The molecule has 104 valence electrons. The van der Waals surface area contributed by atoms with Gasteiger partial charge in [0.2, 0.25) is 0 Å². The number of rotatable bonds is 3. The number of benzene rings is 1. The van der Waals surface area contributed by atoms with Crippen LogP contribution in [0.2, 0.25) is 0 Å². The third kappa shape index (κ3) is 2.32. The summed E-state index contributed by atoms with van der Waals surface area (Å²) in [5.74, 6) is 0.706. The van der Waals surface area contributed by atoms with Crippen molar-refractivity contribution in [2.24, 2.45) is 11.3 Å². The SMILES string of the molecule is CC(C)CC12CCC(c3ccc(F)cc3)(CC1)CC2. The van der Waals surface area contributed by atoms with Gasteiger partial charge in [0.15, 0.2) is 0 Å². The van der Waals surface area contributed by atoms with E-state index < -0.39 is 0 Å². The highest BCUT2D eigenvalue weighted by atomic mass is 19.1. The average Bonchev–Trinajstić information content (AvgIpc) is 2.40. The molecule has 2 bridgehead atoms. The van der Waals surface area contributed by atoms with E-state index >= 15 is 0 Å². The van der Waals surface area contributed by atoms with Gasteiger partial charge >= 0.3 is 0 Å². The molecule has 1 aromatic carbocycles. The molecule has 4 rings (SSSR count). The first kappa shape index (κ1) is 13.1. The van der Waals surface area contributed by atoms with E-state index in [0.29, 0.717) is 10.8 Å². The second-order valence-corrected chi connectivity index (χ2v) is 7.39. The Morgan fingerprint density at radius 3 is 1.95 bits per heavy atom. The van der Waals surface area contributed by atoms with Crippen LogP contribution < -0.4 is 0 Å². The van der Waals surface area contributed by atoms with Crippen LogP contribution in [-0.2, 0) is 5.41 Å². The molecular weight excluding hydrogens is 235 g/mol. The van der Waals surface area contributed by atoms with E-state index in [-0.39, 0.29) is 5.82 Å². The van der Waals surface area contributed by atoms with E-state index in [9.17, 15) is 4.39 Å². The zero-order valence-electron chi connectivity index (χ0n) is 12.2. The average molecular weight is 260 g/mol. The smallest absolute Gasteiger partial charge is 0.123 e. The molecule has 0 unspecified atom stereocenters. The van der Waals surface area contributed by atoms with Crippen molar-refractivity contribution < 1.29 is 4.39 Å². The minimum atomic E-state index is -0.110. The number of hydrogen-bond acceptors (Lipinski definition) is 0. The van der Waals surface area contributed by atoms with E-state index in [1.54, 1.807) is 12.1 Å². The van der Waals surface area contributed by atoms with Crippen LogP contribution in [0.4, 0.5) is 4.39 Å². The molecule has 3 fully saturated rings. The molecule has 0 aliphatic heterocycles. The van der Waals surface area contributed by atoms with Crippen LogP contribution in [0.15, 0.2) is 24.3 Å². The number of hydrogen-bond donors (Lipinski definition) is 0. The normalized spacial score (nSPS) is 33.9. The van der Waals surface area contributed by atoms with Crippen LogP contribution in [0.1, 0.15) is 64.4 Å². The lowest BCUT2D eigenvalue weighted by Gasteiger charge is -2.54. The highest BCUT2D eigenvalue weighted by Crippen LogP contribution is 2.59. The third-order valence-corrected chi connectivity index (χ3v) is 5.70. The van der Waals surface area contributed by atoms with Gasteiger partial charge in [-0.1, -0.05) is 26.0 Å². The van der Waals surface area contributed by atoms with Crippen molar-refractivity contribution in [3.63, 3.8) is 0 Å². The van der Waals surface area contributed by atoms with E-state index in [1.807, 2.05) is 12.1 Å². The summed E-state index contributed by atoms with van der Waals surface area (Å²) >= 11 is 0. The van der Waals surface area contributed by atoms with Gasteiger partial charge in [-0.25, -0.2) is 4.39 Å². The summed E-state index contributed by atoms with van der Waals surface area (Å²) in [4.78, 5) is 0. The Labute approximate surface area is 116 Å². The summed E-state index contributed by atoms with van der Waals surface area (Å²) in [5.41, 5.74) is 2.38. The van der Waals surface area contributed by atoms with Crippen LogP contribution in [0.25, 0.3) is 0 Å². The highest BCUT2D eigenvalue weighted by Gasteiger charge is 2.49. The zero-order chi connectivity index (χ0) is 13.5. The lowest BCUT2D eigenvalue weighted by atomic mass is 9.50. The summed E-state index contributed by atoms with van der Waals surface area (Å²) < 4.78 is 13.1. The van der Waals surface area contributed by atoms with Crippen molar-refractivity contribution in [3.05, 3.63) is 35.6 Å². The van der Waals surface area contributed by atoms with Gasteiger partial charge in [0, 0.05) is 0 Å². The molecule has 0 heterocycles. The quantitative estimate of drug-likeness (QED) is 0.676. The second-order valence-electron chi connectivity index (χ2n) is 7.39. The largest absolute Gasteiger partial charge is 0.207 e. The zero-order valence-corrected chi connectivity index (χ0v) is 12.2. The molecule has 19 heavy (non-hydrogen) atoms. The maximum atomic E-state index is 13.1. The Hall–Kier alpha value is -0.850. The Balaban J connectivity index is 1.79. The maximum absolute atomic E-state index is 13.1. The number of fused-ring (bicyclic) bond motifs is 3. The molecule has 0 saturated heterocycles. The minimum Gasteiger partial charge on any atom is -0.207 e. The van der Waals surface area contributed by atoms with E-state index in [4.69, 9.17) is 0 Å². The molecule has 3 aliphatic carbocycles. The second kappa shape index (κ2) is 4.61. The first-order chi connectivity index (χ1) is 9.04. The topological polar surface area (TPSA) is 0 Å². The van der Waals surface area contributed by atoms with Gasteiger partial charge in [0.1, 0.15) is 5.82 Å². The van der Waals surface area contributed by atoms with Gasteiger partial charge in [-0.3, -0.25) is 0 Å². The van der Waals surface area contributed by atoms with Gasteiger partial charge in [-0.05, 0) is 79.4 Å². The molecule has 0 aromatic heterocycles. The molecule has 0 atom stereocenters. The third-order valence-electron chi connectivity index (χ3n) is 5.70. The molecule has 1 aromatic rings. The molecule has 0 radical (unpaired) electrons.